The number of aromatic nitrogens is 1. The Morgan fingerprint density at radius 1 is 1.10 bits per heavy atom. The molecule has 0 radical (unpaired) electrons. The minimum atomic E-state index is 0.737. The summed E-state index contributed by atoms with van der Waals surface area (Å²) in [6.45, 7) is 0.737. The molecule has 4 heteroatoms. The Bertz CT molecular complexity index is 693. The molecular weight excluding hydrogens is 280 g/mol. The van der Waals surface area contributed by atoms with Gasteiger partial charge in [0.05, 0.1) is 7.11 Å². The van der Waals surface area contributed by atoms with Gasteiger partial charge in [-0.15, -0.1) is 11.3 Å². The zero-order valence-electron chi connectivity index (χ0n) is 11.7. The molecule has 1 aromatic heterocycles. The van der Waals surface area contributed by atoms with E-state index in [1.807, 2.05) is 29.8 Å². The van der Waals surface area contributed by atoms with Crippen LogP contribution < -0.4 is 10.1 Å². The van der Waals surface area contributed by atoms with Crippen LogP contribution in [0.1, 0.15) is 5.56 Å². The fourth-order valence-corrected chi connectivity index (χ4v) is 2.79. The van der Waals surface area contributed by atoms with E-state index in [1.54, 1.807) is 18.4 Å². The number of benzene rings is 2. The number of ether oxygens (including phenoxy) is 1. The van der Waals surface area contributed by atoms with Crippen LogP contribution in [0.5, 0.6) is 5.75 Å². The van der Waals surface area contributed by atoms with Crippen molar-refractivity contribution in [2.45, 2.75) is 6.54 Å². The van der Waals surface area contributed by atoms with Gasteiger partial charge in [0.1, 0.15) is 10.8 Å². The summed E-state index contributed by atoms with van der Waals surface area (Å²) in [6, 6.07) is 16.4. The maximum absolute atomic E-state index is 5.35. The van der Waals surface area contributed by atoms with Gasteiger partial charge < -0.3 is 10.1 Å². The molecule has 0 saturated heterocycles. The van der Waals surface area contributed by atoms with Gasteiger partial charge in [-0.1, -0.05) is 18.2 Å². The Hall–Kier alpha value is -2.33. The quantitative estimate of drug-likeness (QED) is 0.756. The molecule has 2 aromatic carbocycles. The molecule has 0 unspecified atom stereocenters. The molecule has 1 heterocycles. The highest BCUT2D eigenvalue weighted by Gasteiger charge is 2.03. The van der Waals surface area contributed by atoms with Gasteiger partial charge >= 0.3 is 0 Å². The average molecular weight is 296 g/mol. The topological polar surface area (TPSA) is 34.1 Å². The number of nitrogens with one attached hydrogen (secondary N) is 1. The van der Waals surface area contributed by atoms with Crippen LogP contribution in [0.15, 0.2) is 60.1 Å². The molecule has 3 rings (SSSR count). The van der Waals surface area contributed by atoms with Gasteiger partial charge in [0.2, 0.25) is 0 Å². The number of thiazole rings is 1. The first-order valence-corrected chi connectivity index (χ1v) is 7.60. The fraction of sp³-hybridized carbons (Fsp3) is 0.118. The number of hydrogen-bond donors (Lipinski definition) is 1. The highest BCUT2D eigenvalue weighted by Crippen LogP contribution is 2.24. The Morgan fingerprint density at radius 2 is 1.90 bits per heavy atom. The normalized spacial score (nSPS) is 10.3. The maximum Gasteiger partial charge on any atom is 0.123 e. The Kier molecular flexibility index (Phi) is 4.17. The summed E-state index contributed by atoms with van der Waals surface area (Å²) < 4.78 is 5.35. The van der Waals surface area contributed by atoms with Crippen LogP contribution in [0.2, 0.25) is 0 Å². The van der Waals surface area contributed by atoms with Gasteiger partial charge in [-0.05, 0) is 30.3 Å². The summed E-state index contributed by atoms with van der Waals surface area (Å²) in [5.41, 5.74) is 3.37. The van der Waals surface area contributed by atoms with E-state index < -0.39 is 0 Å². The highest BCUT2D eigenvalue weighted by atomic mass is 32.1. The van der Waals surface area contributed by atoms with Crippen LogP contribution in [-0.4, -0.2) is 12.1 Å². The van der Waals surface area contributed by atoms with Crippen molar-refractivity contribution in [3.8, 4) is 16.3 Å². The predicted octanol–water partition coefficient (Wildman–Crippen LogP) is 4.43. The Morgan fingerprint density at radius 3 is 2.62 bits per heavy atom. The summed E-state index contributed by atoms with van der Waals surface area (Å²) in [5, 5.41) is 6.45. The largest absolute Gasteiger partial charge is 0.496 e. The second-order valence-corrected chi connectivity index (χ2v) is 5.47. The third-order valence-electron chi connectivity index (χ3n) is 3.24. The summed E-state index contributed by atoms with van der Waals surface area (Å²) >= 11 is 1.65. The molecule has 0 bridgehead atoms. The lowest BCUT2D eigenvalue weighted by molar-refractivity contribution is 0.410. The van der Waals surface area contributed by atoms with Gasteiger partial charge in [-0.2, -0.15) is 0 Å². The van der Waals surface area contributed by atoms with E-state index in [2.05, 4.69) is 40.6 Å². The molecule has 3 nitrogen and oxygen atoms in total. The number of hydrogen-bond acceptors (Lipinski definition) is 4. The second-order valence-electron chi connectivity index (χ2n) is 4.58. The first-order chi connectivity index (χ1) is 10.4. The van der Waals surface area contributed by atoms with Gasteiger partial charge in [0.15, 0.2) is 0 Å². The summed E-state index contributed by atoms with van der Waals surface area (Å²) in [5.74, 6) is 0.907. The standard InChI is InChI=1S/C17H16N2OS/c1-20-16-5-3-2-4-14(16)12-19-15-8-6-13(7-9-15)17-18-10-11-21-17/h2-11,19H,12H2,1H3. The molecule has 0 aliphatic heterocycles. The monoisotopic (exact) mass is 296 g/mol. The van der Waals surface area contributed by atoms with Crippen molar-refractivity contribution in [1.82, 2.24) is 4.98 Å². The molecular formula is C17H16N2OS. The summed E-state index contributed by atoms with van der Waals surface area (Å²) in [7, 11) is 1.70. The fourth-order valence-electron chi connectivity index (χ4n) is 2.14. The minimum Gasteiger partial charge on any atom is -0.496 e. The van der Waals surface area contributed by atoms with Crippen molar-refractivity contribution in [2.24, 2.45) is 0 Å². The molecule has 0 fully saturated rings. The van der Waals surface area contributed by atoms with Gasteiger partial charge in [0.25, 0.3) is 0 Å². The van der Waals surface area contributed by atoms with Crippen LogP contribution in [-0.2, 0) is 6.54 Å². The lowest BCUT2D eigenvalue weighted by Gasteiger charge is -2.10. The van der Waals surface area contributed by atoms with Crippen LogP contribution >= 0.6 is 11.3 Å². The third kappa shape index (κ3) is 3.23. The zero-order chi connectivity index (χ0) is 14.5. The molecule has 0 amide bonds. The van der Waals surface area contributed by atoms with Crippen LogP contribution in [0.4, 0.5) is 5.69 Å². The SMILES string of the molecule is COc1ccccc1CNc1ccc(-c2nccs2)cc1. The lowest BCUT2D eigenvalue weighted by atomic mass is 10.2. The van der Waals surface area contributed by atoms with E-state index in [-0.39, 0.29) is 0 Å². The molecule has 0 atom stereocenters. The second kappa shape index (κ2) is 6.41. The van der Waals surface area contributed by atoms with E-state index in [0.29, 0.717) is 0 Å². The van der Waals surface area contributed by atoms with Crippen molar-refractivity contribution in [2.75, 3.05) is 12.4 Å². The molecule has 3 aromatic rings. The van der Waals surface area contributed by atoms with Crippen molar-refractivity contribution in [3.05, 3.63) is 65.7 Å². The molecule has 21 heavy (non-hydrogen) atoms. The highest BCUT2D eigenvalue weighted by molar-refractivity contribution is 7.13. The number of anilines is 1. The molecule has 0 aliphatic carbocycles. The molecule has 0 spiro atoms. The number of rotatable bonds is 5. The van der Waals surface area contributed by atoms with Gasteiger partial charge in [0, 0.05) is 34.9 Å². The van der Waals surface area contributed by atoms with E-state index >= 15 is 0 Å². The molecule has 106 valence electrons. The van der Waals surface area contributed by atoms with Crippen molar-refractivity contribution in [1.29, 1.82) is 0 Å². The van der Waals surface area contributed by atoms with Gasteiger partial charge in [-0.25, -0.2) is 4.98 Å². The van der Waals surface area contributed by atoms with Crippen molar-refractivity contribution in [3.63, 3.8) is 0 Å². The van der Waals surface area contributed by atoms with Crippen LogP contribution in [0.3, 0.4) is 0 Å². The smallest absolute Gasteiger partial charge is 0.123 e. The zero-order valence-corrected chi connectivity index (χ0v) is 12.6. The van der Waals surface area contributed by atoms with Crippen molar-refractivity contribution < 1.29 is 4.74 Å². The maximum atomic E-state index is 5.35. The van der Waals surface area contributed by atoms with E-state index in [4.69, 9.17) is 4.74 Å². The first-order valence-electron chi connectivity index (χ1n) is 6.72. The molecule has 0 saturated carbocycles. The van der Waals surface area contributed by atoms with Gasteiger partial charge in [-0.3, -0.25) is 0 Å². The Labute approximate surface area is 128 Å². The van der Waals surface area contributed by atoms with Crippen molar-refractivity contribution >= 4 is 17.0 Å². The number of para-hydroxylation sites is 1. The van der Waals surface area contributed by atoms with Crippen LogP contribution in [0, 0.1) is 0 Å². The molecule has 0 aliphatic rings. The third-order valence-corrected chi connectivity index (χ3v) is 4.06. The summed E-state index contributed by atoms with van der Waals surface area (Å²) in [4.78, 5) is 4.31. The molecule has 1 N–H and O–H groups in total. The minimum absolute atomic E-state index is 0.737. The summed E-state index contributed by atoms with van der Waals surface area (Å²) in [6.07, 6.45) is 1.83. The van der Waals surface area contributed by atoms with E-state index in [1.165, 1.54) is 0 Å². The van der Waals surface area contributed by atoms with E-state index in [9.17, 15) is 0 Å². The first kappa shape index (κ1) is 13.6. The number of nitrogens with zero attached hydrogens (tertiary/aromatic N) is 1. The predicted molar refractivity (Wildman–Crippen MR) is 87.9 cm³/mol. The number of methoxy groups -OCH3 is 1. The van der Waals surface area contributed by atoms with Crippen LogP contribution in [0.25, 0.3) is 10.6 Å². The average Bonchev–Trinajstić information content (AvgIpc) is 3.08. The lowest BCUT2D eigenvalue weighted by Crippen LogP contribution is -2.01. The van der Waals surface area contributed by atoms with E-state index in [0.717, 1.165) is 34.1 Å². The Balaban J connectivity index is 1.68.